The predicted octanol–water partition coefficient (Wildman–Crippen LogP) is 4.73. The molecule has 0 aliphatic heterocycles. The third-order valence-corrected chi connectivity index (χ3v) is 9.90. The highest BCUT2D eigenvalue weighted by atomic mass is 31.2. The molecule has 0 aliphatic carbocycles. The number of rotatable bonds is 8. The Labute approximate surface area is 231 Å². The van der Waals surface area contributed by atoms with Crippen molar-refractivity contribution in [2.45, 2.75) is 45.3 Å². The van der Waals surface area contributed by atoms with E-state index in [2.05, 4.69) is 0 Å². The van der Waals surface area contributed by atoms with Crippen molar-refractivity contribution in [2.75, 3.05) is 0 Å². The summed E-state index contributed by atoms with van der Waals surface area (Å²) >= 11 is 0. The molecule has 4 aromatic rings. The monoisotopic (exact) mass is 568 g/mol. The van der Waals surface area contributed by atoms with E-state index in [1.165, 1.54) is 0 Å². The van der Waals surface area contributed by atoms with Gasteiger partial charge in [-0.15, -0.1) is 0 Å². The van der Waals surface area contributed by atoms with Gasteiger partial charge in [0.25, 0.3) is 14.7 Å². The molecule has 0 saturated heterocycles. The van der Waals surface area contributed by atoms with E-state index in [0.717, 1.165) is 12.8 Å². The lowest BCUT2D eigenvalue weighted by molar-refractivity contribution is 0.0765. The van der Waals surface area contributed by atoms with Gasteiger partial charge in [0, 0.05) is 21.2 Å². The van der Waals surface area contributed by atoms with Crippen LogP contribution in [0, 0.1) is 0 Å². The van der Waals surface area contributed by atoms with Crippen LogP contribution in [0.25, 0.3) is 0 Å². The van der Waals surface area contributed by atoms with Gasteiger partial charge in [0.2, 0.25) is 0 Å². The van der Waals surface area contributed by atoms with Gasteiger partial charge in [-0.2, -0.15) is 0 Å². The highest BCUT2D eigenvalue weighted by molar-refractivity contribution is 7.73. The number of hydrogen-bond donors (Lipinski definition) is 4. The summed E-state index contributed by atoms with van der Waals surface area (Å²) in [4.78, 5) is 20.0. The Kier molecular flexibility index (Phi) is 13.6. The third kappa shape index (κ3) is 10.3. The van der Waals surface area contributed by atoms with Crippen molar-refractivity contribution < 1.29 is 29.1 Å². The van der Waals surface area contributed by atoms with Crippen molar-refractivity contribution in [3.63, 3.8) is 0 Å². The maximum atomic E-state index is 12.2. The van der Waals surface area contributed by atoms with Gasteiger partial charge in [0.1, 0.15) is 0 Å². The highest BCUT2D eigenvalue weighted by Crippen LogP contribution is 2.38. The fraction of sp³-hybridized carbons (Fsp3) is 0.226. The highest BCUT2D eigenvalue weighted by Gasteiger charge is 2.23. The second kappa shape index (κ2) is 16.3. The first-order valence-electron chi connectivity index (χ1n) is 12.9. The minimum atomic E-state index is -3.40. The van der Waals surface area contributed by atoms with E-state index in [1.807, 2.05) is 38.1 Å². The zero-order valence-electron chi connectivity index (χ0n) is 22.3. The molecule has 208 valence electrons. The molecule has 0 aromatic heterocycles. The summed E-state index contributed by atoms with van der Waals surface area (Å²) in [5, 5.41) is 19.9. The molecule has 0 fully saturated rings. The molecular weight excluding hydrogens is 530 g/mol. The molecule has 0 amide bonds. The Balaban J connectivity index is 0.000000213. The van der Waals surface area contributed by atoms with Gasteiger partial charge in [0.05, 0.1) is 12.2 Å². The van der Waals surface area contributed by atoms with E-state index in [0.29, 0.717) is 27.6 Å². The van der Waals surface area contributed by atoms with Gasteiger partial charge < -0.3 is 20.0 Å². The second-order valence-electron chi connectivity index (χ2n) is 8.85. The molecular formula is C31H38O6P2. The zero-order chi connectivity index (χ0) is 28.7. The van der Waals surface area contributed by atoms with Crippen LogP contribution in [0.4, 0.5) is 0 Å². The van der Waals surface area contributed by atoms with E-state index >= 15 is 0 Å². The number of aliphatic hydroxyl groups excluding tert-OH is 2. The standard InChI is InChI=1S/2C12H11O2P.C7H16O2/c2*13-15(14,11-7-3-1-4-8-11)12-9-5-2-6-10-12;1-3-6(8)5-7(9)4-2/h2*1-10H,(H,13,14);6-9H,3-5H2,1-2H3. The van der Waals surface area contributed by atoms with Crippen molar-refractivity contribution in [1.82, 2.24) is 0 Å². The van der Waals surface area contributed by atoms with Crippen LogP contribution < -0.4 is 21.2 Å². The molecule has 2 unspecified atom stereocenters. The molecule has 4 aromatic carbocycles. The van der Waals surface area contributed by atoms with Gasteiger partial charge in [-0.05, 0) is 67.8 Å². The maximum absolute atomic E-state index is 12.2. The molecule has 0 radical (unpaired) electrons. The van der Waals surface area contributed by atoms with Crippen LogP contribution in [0.15, 0.2) is 121 Å². The van der Waals surface area contributed by atoms with Gasteiger partial charge in [-0.3, -0.25) is 9.13 Å². The van der Waals surface area contributed by atoms with E-state index in [4.69, 9.17) is 10.2 Å². The summed E-state index contributed by atoms with van der Waals surface area (Å²) in [6.45, 7) is 3.82. The topological polar surface area (TPSA) is 115 Å². The molecule has 8 heteroatoms. The van der Waals surface area contributed by atoms with Gasteiger partial charge in [-0.25, -0.2) is 0 Å². The van der Waals surface area contributed by atoms with Crippen LogP contribution >= 0.6 is 14.7 Å². The van der Waals surface area contributed by atoms with Crippen LogP contribution in [0.2, 0.25) is 0 Å². The summed E-state index contributed by atoms with van der Waals surface area (Å²) in [5.74, 6) is 0. The normalized spacial score (nSPS) is 12.7. The first kappa shape index (κ1) is 32.4. The lowest BCUT2D eigenvalue weighted by Gasteiger charge is -2.11. The smallest absolute Gasteiger partial charge is 0.258 e. The van der Waals surface area contributed by atoms with Crippen LogP contribution in [-0.2, 0) is 9.13 Å². The lowest BCUT2D eigenvalue weighted by Crippen LogP contribution is -2.15. The average Bonchev–Trinajstić information content (AvgIpc) is 2.99. The van der Waals surface area contributed by atoms with E-state index in [9.17, 15) is 18.9 Å². The molecule has 4 rings (SSSR count). The molecule has 0 heterocycles. The fourth-order valence-electron chi connectivity index (χ4n) is 3.47. The van der Waals surface area contributed by atoms with Crippen molar-refractivity contribution in [1.29, 1.82) is 0 Å². The fourth-order valence-corrected chi connectivity index (χ4v) is 6.37. The van der Waals surface area contributed by atoms with Crippen molar-refractivity contribution in [3.05, 3.63) is 121 Å². The summed E-state index contributed by atoms with van der Waals surface area (Å²) in [7, 11) is -6.79. The van der Waals surface area contributed by atoms with Crippen LogP contribution in [0.1, 0.15) is 33.1 Å². The van der Waals surface area contributed by atoms with Gasteiger partial charge in [-0.1, -0.05) is 86.6 Å². The molecule has 0 bridgehead atoms. The largest absolute Gasteiger partial charge is 0.393 e. The van der Waals surface area contributed by atoms with Gasteiger partial charge in [0.15, 0.2) is 0 Å². The van der Waals surface area contributed by atoms with Crippen molar-refractivity contribution in [2.24, 2.45) is 0 Å². The quantitative estimate of drug-likeness (QED) is 0.229. The summed E-state index contributed by atoms with van der Waals surface area (Å²) in [6, 6.07) is 34.8. The number of aliphatic hydroxyl groups is 2. The second-order valence-corrected chi connectivity index (χ2v) is 13.2. The third-order valence-electron chi connectivity index (χ3n) is 5.91. The molecule has 4 N–H and O–H groups in total. The van der Waals surface area contributed by atoms with Crippen LogP contribution in [0.5, 0.6) is 0 Å². The maximum Gasteiger partial charge on any atom is 0.258 e. The minimum Gasteiger partial charge on any atom is -0.393 e. The predicted molar refractivity (Wildman–Crippen MR) is 161 cm³/mol. The lowest BCUT2D eigenvalue weighted by atomic mass is 10.1. The van der Waals surface area contributed by atoms with E-state index in [-0.39, 0.29) is 12.2 Å². The first-order valence-corrected chi connectivity index (χ1v) is 16.2. The number of benzene rings is 4. The first-order chi connectivity index (χ1) is 18.6. The van der Waals surface area contributed by atoms with Crippen LogP contribution in [0.3, 0.4) is 0 Å². The van der Waals surface area contributed by atoms with E-state index in [1.54, 1.807) is 97.1 Å². The Morgan fingerprint density at radius 2 is 0.692 bits per heavy atom. The Hall–Kier alpha value is -2.82. The Bertz CT molecular complexity index is 1110. The molecule has 0 aliphatic rings. The molecule has 2 atom stereocenters. The van der Waals surface area contributed by atoms with Crippen LogP contribution in [-0.4, -0.2) is 32.2 Å². The number of hydrogen-bond acceptors (Lipinski definition) is 4. The summed E-state index contributed by atoms with van der Waals surface area (Å²) < 4.78 is 24.3. The summed E-state index contributed by atoms with van der Waals surface area (Å²) in [5.41, 5.74) is 0. The minimum absolute atomic E-state index is 0.319. The molecule has 0 saturated carbocycles. The van der Waals surface area contributed by atoms with E-state index < -0.39 is 14.7 Å². The van der Waals surface area contributed by atoms with Crippen molar-refractivity contribution >= 4 is 36.0 Å². The van der Waals surface area contributed by atoms with Crippen molar-refractivity contribution in [3.8, 4) is 0 Å². The molecule has 39 heavy (non-hydrogen) atoms. The van der Waals surface area contributed by atoms with Gasteiger partial charge >= 0.3 is 0 Å². The average molecular weight is 569 g/mol. The zero-order valence-corrected chi connectivity index (χ0v) is 24.1. The Morgan fingerprint density at radius 1 is 0.487 bits per heavy atom. The SMILES string of the molecule is CCC(O)CC(O)CC.O=P(O)(c1ccccc1)c1ccccc1.O=P(O)(c1ccccc1)c1ccccc1. The summed E-state index contributed by atoms with van der Waals surface area (Å²) in [6.07, 6.45) is 1.35. The Morgan fingerprint density at radius 3 is 0.872 bits per heavy atom. The molecule has 6 nitrogen and oxygen atoms in total. The molecule has 0 spiro atoms.